The Morgan fingerprint density at radius 1 is 1.10 bits per heavy atom. The smallest absolute Gasteiger partial charge is 0.410 e. The van der Waals surface area contributed by atoms with Crippen LogP contribution in [0.15, 0.2) is 60.7 Å². The number of nitrogens with one attached hydrogen (secondary N) is 1. The number of amides is 1. The molecule has 0 aliphatic carbocycles. The van der Waals surface area contributed by atoms with Crippen molar-refractivity contribution in [2.45, 2.75) is 56.5 Å². The Kier molecular flexibility index (Phi) is 6.86. The Labute approximate surface area is 183 Å². The molecule has 2 aromatic carbocycles. The van der Waals surface area contributed by atoms with Gasteiger partial charge >= 0.3 is 6.09 Å². The van der Waals surface area contributed by atoms with Crippen LogP contribution in [0.3, 0.4) is 0 Å². The molecule has 0 aromatic heterocycles. The third kappa shape index (κ3) is 4.90. The van der Waals surface area contributed by atoms with E-state index >= 15 is 0 Å². The zero-order valence-electron chi connectivity index (χ0n) is 17.6. The van der Waals surface area contributed by atoms with Crippen LogP contribution in [0, 0.1) is 17.2 Å². The molecule has 1 unspecified atom stereocenters. The fraction of sp³-hybridized carbons (Fsp3) is 0.440. The molecule has 6 nitrogen and oxygen atoms in total. The van der Waals surface area contributed by atoms with Crippen LogP contribution >= 0.6 is 0 Å². The van der Waals surface area contributed by atoms with Gasteiger partial charge in [-0.3, -0.25) is 5.32 Å². The Hall–Kier alpha value is -2.88. The highest BCUT2D eigenvalue weighted by Crippen LogP contribution is 2.40. The molecule has 1 amide bonds. The van der Waals surface area contributed by atoms with Crippen molar-refractivity contribution >= 4 is 6.09 Å². The lowest BCUT2D eigenvalue weighted by Crippen LogP contribution is -2.51. The van der Waals surface area contributed by atoms with E-state index < -0.39 is 0 Å². The fourth-order valence-electron chi connectivity index (χ4n) is 5.02. The summed E-state index contributed by atoms with van der Waals surface area (Å²) < 4.78 is 5.58. The van der Waals surface area contributed by atoms with Crippen molar-refractivity contribution in [3.05, 3.63) is 71.8 Å². The highest BCUT2D eigenvalue weighted by molar-refractivity contribution is 5.69. The molecule has 6 heteroatoms. The van der Waals surface area contributed by atoms with Crippen molar-refractivity contribution in [2.24, 2.45) is 5.92 Å². The Morgan fingerprint density at radius 3 is 2.29 bits per heavy atom. The maximum atomic E-state index is 12.8. The van der Waals surface area contributed by atoms with Crippen LogP contribution in [0.2, 0.25) is 0 Å². The Morgan fingerprint density at radius 2 is 1.71 bits per heavy atom. The van der Waals surface area contributed by atoms with Gasteiger partial charge in [0, 0.05) is 12.1 Å². The van der Waals surface area contributed by atoms with Gasteiger partial charge in [-0.25, -0.2) is 4.79 Å². The predicted octanol–water partition coefficient (Wildman–Crippen LogP) is 3.78. The molecular formula is C25H29N3O3. The molecule has 2 bridgehead atoms. The van der Waals surface area contributed by atoms with E-state index in [4.69, 9.17) is 4.74 Å². The van der Waals surface area contributed by atoms with Gasteiger partial charge < -0.3 is 14.7 Å². The molecule has 0 saturated carbocycles. The molecule has 2 aromatic rings. The fourth-order valence-corrected chi connectivity index (χ4v) is 5.02. The average Bonchev–Trinajstić information content (AvgIpc) is 3.09. The number of benzene rings is 2. The first-order chi connectivity index (χ1) is 15.2. The van der Waals surface area contributed by atoms with Crippen molar-refractivity contribution < 1.29 is 14.6 Å². The number of ether oxygens (including phenoxy) is 1. The summed E-state index contributed by atoms with van der Waals surface area (Å²) in [4.78, 5) is 14.7. The lowest BCUT2D eigenvalue weighted by Gasteiger charge is -2.40. The number of nitrogens with zero attached hydrogens (tertiary/aromatic N) is 2. The number of carbonyl (C=O) groups is 1. The molecule has 2 aliphatic heterocycles. The van der Waals surface area contributed by atoms with E-state index in [1.807, 2.05) is 65.6 Å². The van der Waals surface area contributed by atoms with Gasteiger partial charge in [-0.2, -0.15) is 5.26 Å². The van der Waals surface area contributed by atoms with E-state index in [9.17, 15) is 15.2 Å². The highest BCUT2D eigenvalue weighted by Gasteiger charge is 2.46. The van der Waals surface area contributed by atoms with E-state index in [1.165, 1.54) is 0 Å². The van der Waals surface area contributed by atoms with Gasteiger partial charge in [0.25, 0.3) is 0 Å². The first kappa shape index (κ1) is 21.4. The summed E-state index contributed by atoms with van der Waals surface area (Å²) in [6.45, 7) is 0.205. The van der Waals surface area contributed by atoms with E-state index in [0.717, 1.165) is 36.8 Å². The lowest BCUT2D eigenvalue weighted by atomic mass is 9.85. The molecule has 2 fully saturated rings. The van der Waals surface area contributed by atoms with Crippen LogP contribution in [0.5, 0.6) is 0 Å². The van der Waals surface area contributed by atoms with Crippen LogP contribution in [-0.2, 0) is 11.3 Å². The number of hydrogen-bond donors (Lipinski definition) is 2. The van der Waals surface area contributed by atoms with Crippen molar-refractivity contribution in [1.82, 2.24) is 10.2 Å². The molecule has 162 valence electrons. The maximum absolute atomic E-state index is 12.8. The summed E-state index contributed by atoms with van der Waals surface area (Å²) in [5.41, 5.74) is 1.94. The summed E-state index contributed by atoms with van der Waals surface area (Å²) >= 11 is 0. The monoisotopic (exact) mass is 419 g/mol. The average molecular weight is 420 g/mol. The normalized spacial score (nSPS) is 24.3. The second-order valence-corrected chi connectivity index (χ2v) is 8.48. The van der Waals surface area contributed by atoms with Crippen molar-refractivity contribution in [3.8, 4) is 6.07 Å². The zero-order valence-corrected chi connectivity index (χ0v) is 17.6. The molecule has 4 rings (SSSR count). The SMILES string of the molecule is N#C[C@@H](N[C@@H](CO)c1ccccc1)C1C[C@H]2CC[C@@H](C1)N2C(=O)OCc1ccccc1. The van der Waals surface area contributed by atoms with Crippen molar-refractivity contribution in [2.75, 3.05) is 6.61 Å². The number of rotatable bonds is 7. The van der Waals surface area contributed by atoms with Crippen LogP contribution in [0.25, 0.3) is 0 Å². The number of hydrogen-bond acceptors (Lipinski definition) is 5. The van der Waals surface area contributed by atoms with Gasteiger partial charge in [-0.1, -0.05) is 60.7 Å². The van der Waals surface area contributed by atoms with Gasteiger partial charge in [0.05, 0.1) is 24.8 Å². The largest absolute Gasteiger partial charge is 0.445 e. The number of piperidine rings is 1. The Bertz CT molecular complexity index is 885. The summed E-state index contributed by atoms with van der Waals surface area (Å²) in [5, 5.41) is 23.1. The molecule has 0 spiro atoms. The number of nitriles is 1. The minimum Gasteiger partial charge on any atom is -0.445 e. The molecule has 2 N–H and O–H groups in total. The zero-order chi connectivity index (χ0) is 21.6. The first-order valence-corrected chi connectivity index (χ1v) is 11.0. The number of aliphatic hydroxyl groups is 1. The number of carbonyl (C=O) groups excluding carboxylic acids is 1. The van der Waals surface area contributed by atoms with Crippen LogP contribution in [0.1, 0.15) is 42.9 Å². The second kappa shape index (κ2) is 9.95. The van der Waals surface area contributed by atoms with Gasteiger partial charge in [0.15, 0.2) is 0 Å². The lowest BCUT2D eigenvalue weighted by molar-refractivity contribution is 0.0489. The summed E-state index contributed by atoms with van der Waals surface area (Å²) in [5.74, 6) is 0.137. The van der Waals surface area contributed by atoms with E-state index in [0.29, 0.717) is 0 Å². The quantitative estimate of drug-likeness (QED) is 0.713. The summed E-state index contributed by atoms with van der Waals surface area (Å²) in [6.07, 6.45) is 3.18. The standard InChI is InChI=1S/C25H29N3O3/c26-15-23(27-24(16-29)19-9-5-2-6-10-19)20-13-21-11-12-22(14-20)28(21)25(30)31-17-18-7-3-1-4-8-18/h1-10,20-24,27,29H,11-14,16-17H2/t20?,21-,22+,23-,24+/m1/s1. The van der Waals surface area contributed by atoms with Crippen LogP contribution < -0.4 is 5.32 Å². The van der Waals surface area contributed by atoms with E-state index in [1.54, 1.807) is 0 Å². The molecule has 2 heterocycles. The number of aliphatic hydroxyl groups excluding tert-OH is 1. The van der Waals surface area contributed by atoms with E-state index in [2.05, 4.69) is 11.4 Å². The molecule has 5 atom stereocenters. The second-order valence-electron chi connectivity index (χ2n) is 8.48. The van der Waals surface area contributed by atoms with Crippen LogP contribution in [-0.4, -0.2) is 40.8 Å². The minimum absolute atomic E-state index is 0.0697. The van der Waals surface area contributed by atoms with Gasteiger partial charge in [-0.15, -0.1) is 0 Å². The van der Waals surface area contributed by atoms with Gasteiger partial charge in [0.1, 0.15) is 6.61 Å². The molecule has 2 saturated heterocycles. The van der Waals surface area contributed by atoms with Gasteiger partial charge in [-0.05, 0) is 42.7 Å². The molecule has 2 aliphatic rings. The first-order valence-electron chi connectivity index (χ1n) is 11.0. The van der Waals surface area contributed by atoms with E-state index in [-0.39, 0.29) is 49.4 Å². The van der Waals surface area contributed by atoms with Gasteiger partial charge in [0.2, 0.25) is 0 Å². The van der Waals surface area contributed by atoms with Crippen molar-refractivity contribution in [3.63, 3.8) is 0 Å². The number of fused-ring (bicyclic) bond motifs is 2. The molecule has 0 radical (unpaired) electrons. The Balaban J connectivity index is 1.37. The highest BCUT2D eigenvalue weighted by atomic mass is 16.6. The summed E-state index contributed by atoms with van der Waals surface area (Å²) in [6, 6.07) is 21.4. The third-order valence-electron chi connectivity index (χ3n) is 6.56. The third-order valence-corrected chi connectivity index (χ3v) is 6.56. The maximum Gasteiger partial charge on any atom is 0.410 e. The van der Waals surface area contributed by atoms with Crippen LogP contribution in [0.4, 0.5) is 4.79 Å². The summed E-state index contributed by atoms with van der Waals surface area (Å²) in [7, 11) is 0. The predicted molar refractivity (Wildman–Crippen MR) is 117 cm³/mol. The molecular weight excluding hydrogens is 390 g/mol. The topological polar surface area (TPSA) is 85.6 Å². The molecule has 31 heavy (non-hydrogen) atoms. The minimum atomic E-state index is -0.372. The van der Waals surface area contributed by atoms with Crippen molar-refractivity contribution in [1.29, 1.82) is 5.26 Å².